The van der Waals surface area contributed by atoms with Gasteiger partial charge in [0.2, 0.25) is 0 Å². The Morgan fingerprint density at radius 1 is 1.26 bits per heavy atom. The second-order valence-corrected chi connectivity index (χ2v) is 4.58. The van der Waals surface area contributed by atoms with Gasteiger partial charge in [-0.2, -0.15) is 0 Å². The van der Waals surface area contributed by atoms with Gasteiger partial charge in [0.05, 0.1) is 11.0 Å². The monoisotopic (exact) mass is 263 g/mol. The van der Waals surface area contributed by atoms with Gasteiger partial charge in [0.1, 0.15) is 0 Å². The van der Waals surface area contributed by atoms with Crippen molar-refractivity contribution in [2.24, 2.45) is 0 Å². The molecule has 1 aromatic carbocycles. The van der Waals surface area contributed by atoms with E-state index in [0.717, 1.165) is 29.7 Å². The van der Waals surface area contributed by atoms with Crippen LogP contribution in [0.1, 0.15) is 19.3 Å². The number of rotatable bonds is 6. The zero-order chi connectivity index (χ0) is 13.8. The smallest absolute Gasteiger partial charge is 0.323 e. The molecule has 0 radical (unpaired) electrons. The number of nitrogens with zero attached hydrogens (tertiary/aromatic N) is 1. The molecule has 102 valence electrons. The number of hydrogen-bond acceptors (Lipinski definition) is 3. The lowest BCUT2D eigenvalue weighted by atomic mass is 10.2. The number of fused-ring (bicyclic) bond motifs is 1. The topological polar surface area (TPSA) is 89.2 Å². The van der Waals surface area contributed by atoms with Gasteiger partial charge in [-0.3, -0.25) is 4.79 Å². The van der Waals surface area contributed by atoms with E-state index in [1.807, 2.05) is 30.1 Å². The fourth-order valence-electron chi connectivity index (χ4n) is 2.01. The quantitative estimate of drug-likeness (QED) is 0.690. The number of benzene rings is 1. The molecule has 0 amide bonds. The van der Waals surface area contributed by atoms with Crippen LogP contribution in [-0.2, 0) is 4.79 Å². The van der Waals surface area contributed by atoms with Gasteiger partial charge >= 0.3 is 11.7 Å². The van der Waals surface area contributed by atoms with Crippen LogP contribution in [0, 0.1) is 0 Å². The maximum atomic E-state index is 11.2. The SMILES string of the molecule is CN(CCCCC(=O)O)c1ccc2[nH]c(=O)[nH]c2c1. The second-order valence-electron chi connectivity index (χ2n) is 4.58. The highest BCUT2D eigenvalue weighted by molar-refractivity contribution is 5.78. The first-order chi connectivity index (χ1) is 9.06. The number of imidazole rings is 1. The molecule has 0 atom stereocenters. The van der Waals surface area contributed by atoms with Crippen molar-refractivity contribution in [3.05, 3.63) is 28.7 Å². The number of H-pyrrole nitrogens is 2. The largest absolute Gasteiger partial charge is 0.481 e. The summed E-state index contributed by atoms with van der Waals surface area (Å²) in [5, 5.41) is 8.57. The van der Waals surface area contributed by atoms with E-state index in [2.05, 4.69) is 9.97 Å². The first-order valence-corrected chi connectivity index (χ1v) is 6.21. The molecule has 0 bridgehead atoms. The van der Waals surface area contributed by atoms with Crippen molar-refractivity contribution < 1.29 is 9.90 Å². The van der Waals surface area contributed by atoms with Crippen LogP contribution in [0.4, 0.5) is 5.69 Å². The highest BCUT2D eigenvalue weighted by Gasteiger charge is 2.04. The van der Waals surface area contributed by atoms with Crippen LogP contribution in [0.2, 0.25) is 0 Å². The van der Waals surface area contributed by atoms with E-state index >= 15 is 0 Å². The molecule has 1 heterocycles. The molecule has 1 aromatic heterocycles. The zero-order valence-electron chi connectivity index (χ0n) is 10.8. The lowest BCUT2D eigenvalue weighted by Gasteiger charge is -2.19. The van der Waals surface area contributed by atoms with Gasteiger partial charge in [-0.1, -0.05) is 0 Å². The fourth-order valence-corrected chi connectivity index (χ4v) is 2.01. The maximum absolute atomic E-state index is 11.2. The highest BCUT2D eigenvalue weighted by Crippen LogP contribution is 2.18. The Labute approximate surface area is 110 Å². The van der Waals surface area contributed by atoms with Gasteiger partial charge in [0.25, 0.3) is 0 Å². The Morgan fingerprint density at radius 2 is 2.00 bits per heavy atom. The third-order valence-corrected chi connectivity index (χ3v) is 3.07. The van der Waals surface area contributed by atoms with Crippen molar-refractivity contribution in [1.29, 1.82) is 0 Å². The number of carbonyl (C=O) groups is 1. The van der Waals surface area contributed by atoms with Crippen LogP contribution >= 0.6 is 0 Å². The minimum Gasteiger partial charge on any atom is -0.481 e. The van der Waals surface area contributed by atoms with Crippen LogP contribution < -0.4 is 10.6 Å². The average molecular weight is 263 g/mol. The van der Waals surface area contributed by atoms with E-state index in [0.29, 0.717) is 6.42 Å². The van der Waals surface area contributed by atoms with Crippen molar-refractivity contribution in [3.63, 3.8) is 0 Å². The fraction of sp³-hybridized carbons (Fsp3) is 0.385. The third-order valence-electron chi connectivity index (χ3n) is 3.07. The van der Waals surface area contributed by atoms with Crippen molar-refractivity contribution in [1.82, 2.24) is 9.97 Å². The minimum atomic E-state index is -0.756. The van der Waals surface area contributed by atoms with Crippen molar-refractivity contribution in [2.75, 3.05) is 18.5 Å². The van der Waals surface area contributed by atoms with Crippen LogP contribution in [-0.4, -0.2) is 34.6 Å². The Balaban J connectivity index is 1.98. The molecule has 0 saturated carbocycles. The zero-order valence-corrected chi connectivity index (χ0v) is 10.8. The molecule has 0 unspecified atom stereocenters. The number of aromatic amines is 2. The van der Waals surface area contributed by atoms with Crippen LogP contribution in [0.3, 0.4) is 0 Å². The second kappa shape index (κ2) is 5.60. The Morgan fingerprint density at radius 3 is 2.74 bits per heavy atom. The van der Waals surface area contributed by atoms with Crippen molar-refractivity contribution in [3.8, 4) is 0 Å². The molecule has 6 heteroatoms. The van der Waals surface area contributed by atoms with Gasteiger partial charge in [-0.25, -0.2) is 4.79 Å². The van der Waals surface area contributed by atoms with E-state index in [-0.39, 0.29) is 12.1 Å². The molecule has 3 N–H and O–H groups in total. The number of aromatic nitrogens is 2. The molecule has 19 heavy (non-hydrogen) atoms. The van der Waals surface area contributed by atoms with Crippen LogP contribution in [0.5, 0.6) is 0 Å². The minimum absolute atomic E-state index is 0.206. The third kappa shape index (κ3) is 3.37. The maximum Gasteiger partial charge on any atom is 0.323 e. The van der Waals surface area contributed by atoms with Crippen LogP contribution in [0.25, 0.3) is 11.0 Å². The molecule has 0 saturated heterocycles. The molecule has 0 aliphatic carbocycles. The number of aliphatic carboxylic acids is 1. The predicted octanol–water partition coefficient (Wildman–Crippen LogP) is 1.55. The van der Waals surface area contributed by atoms with Crippen LogP contribution in [0.15, 0.2) is 23.0 Å². The molecule has 0 aliphatic rings. The van der Waals surface area contributed by atoms with Gasteiger partial charge in [-0.05, 0) is 31.0 Å². The standard InChI is InChI=1S/C13H17N3O3/c1-16(7-3-2-4-12(17)18)9-5-6-10-11(8-9)15-13(19)14-10/h5-6,8H,2-4,7H2,1H3,(H,17,18)(H2,14,15,19). The molecule has 6 nitrogen and oxygen atoms in total. The van der Waals surface area contributed by atoms with E-state index in [1.165, 1.54) is 0 Å². The van der Waals surface area contributed by atoms with E-state index in [9.17, 15) is 9.59 Å². The Hall–Kier alpha value is -2.24. The number of anilines is 1. The average Bonchev–Trinajstić information content (AvgIpc) is 2.73. The summed E-state index contributed by atoms with van der Waals surface area (Å²) in [5.74, 6) is -0.756. The normalized spacial score (nSPS) is 10.8. The first kappa shape index (κ1) is 13.2. The summed E-state index contributed by atoms with van der Waals surface area (Å²) in [6, 6.07) is 5.70. The summed E-state index contributed by atoms with van der Waals surface area (Å²) in [6.07, 6.45) is 1.70. The molecular formula is C13H17N3O3. The number of carboxylic acids is 1. The molecular weight excluding hydrogens is 246 g/mol. The van der Waals surface area contributed by atoms with E-state index in [4.69, 9.17) is 5.11 Å². The van der Waals surface area contributed by atoms with Gasteiger partial charge < -0.3 is 20.0 Å². The molecule has 0 aliphatic heterocycles. The summed E-state index contributed by atoms with van der Waals surface area (Å²) in [5.41, 5.74) is 2.35. The molecule has 0 fully saturated rings. The number of nitrogens with one attached hydrogen (secondary N) is 2. The summed E-state index contributed by atoms with van der Waals surface area (Å²) in [6.45, 7) is 0.785. The summed E-state index contributed by atoms with van der Waals surface area (Å²) in [7, 11) is 1.95. The lowest BCUT2D eigenvalue weighted by Crippen LogP contribution is -2.18. The van der Waals surface area contributed by atoms with Crippen molar-refractivity contribution >= 4 is 22.7 Å². The van der Waals surface area contributed by atoms with E-state index < -0.39 is 5.97 Å². The summed E-state index contributed by atoms with van der Waals surface area (Å²) < 4.78 is 0. The summed E-state index contributed by atoms with van der Waals surface area (Å²) in [4.78, 5) is 29.0. The number of hydrogen-bond donors (Lipinski definition) is 3. The Kier molecular flexibility index (Phi) is 3.89. The van der Waals surface area contributed by atoms with Gasteiger partial charge in [0, 0.05) is 25.7 Å². The molecule has 2 aromatic rings. The number of unbranched alkanes of at least 4 members (excludes halogenated alkanes) is 1. The molecule has 0 spiro atoms. The highest BCUT2D eigenvalue weighted by atomic mass is 16.4. The lowest BCUT2D eigenvalue weighted by molar-refractivity contribution is -0.137. The van der Waals surface area contributed by atoms with E-state index in [1.54, 1.807) is 0 Å². The first-order valence-electron chi connectivity index (χ1n) is 6.21. The van der Waals surface area contributed by atoms with Gasteiger partial charge in [0.15, 0.2) is 0 Å². The molecule has 2 rings (SSSR count). The van der Waals surface area contributed by atoms with Gasteiger partial charge in [-0.15, -0.1) is 0 Å². The Bertz CT molecular complexity index is 629. The van der Waals surface area contributed by atoms with Crippen molar-refractivity contribution in [2.45, 2.75) is 19.3 Å². The summed E-state index contributed by atoms with van der Waals surface area (Å²) >= 11 is 0. The predicted molar refractivity (Wildman–Crippen MR) is 73.7 cm³/mol. The number of carboxylic acid groups (broad SMARTS) is 1.